The third-order valence-electron chi connectivity index (χ3n) is 2.54. The first-order chi connectivity index (χ1) is 8.60. The first kappa shape index (κ1) is 12.4. The number of hydrogen-bond donors (Lipinski definition) is 1. The van der Waals surface area contributed by atoms with Gasteiger partial charge in [-0.2, -0.15) is 5.26 Å². The fourth-order valence-corrected chi connectivity index (χ4v) is 1.96. The van der Waals surface area contributed by atoms with E-state index < -0.39 is 0 Å². The topological polar surface area (TPSA) is 48.7 Å². The van der Waals surface area contributed by atoms with E-state index in [1.807, 2.05) is 32.0 Å². The molecule has 0 atom stereocenters. The lowest BCUT2D eigenvalue weighted by Crippen LogP contribution is -2.00. The van der Waals surface area contributed by atoms with Crippen LogP contribution in [0, 0.1) is 25.2 Å². The van der Waals surface area contributed by atoms with Gasteiger partial charge in [0, 0.05) is 16.4 Å². The molecule has 1 heterocycles. The monoisotopic (exact) mass is 257 g/mol. The Morgan fingerprint density at radius 2 is 2.06 bits per heavy atom. The van der Waals surface area contributed by atoms with Crippen LogP contribution in [0.25, 0.3) is 0 Å². The maximum absolute atomic E-state index is 9.17. The molecule has 0 aliphatic carbocycles. The van der Waals surface area contributed by atoms with Crippen LogP contribution in [-0.2, 0) is 0 Å². The molecule has 0 radical (unpaired) electrons. The summed E-state index contributed by atoms with van der Waals surface area (Å²) >= 11 is 5.92. The highest BCUT2D eigenvalue weighted by molar-refractivity contribution is 6.30. The van der Waals surface area contributed by atoms with Crippen LogP contribution in [0.5, 0.6) is 0 Å². The highest BCUT2D eigenvalue weighted by Gasteiger charge is 2.08. The molecule has 1 aromatic heterocycles. The Kier molecular flexibility index (Phi) is 3.50. The Hall–Kier alpha value is -2.05. The SMILES string of the molecule is Cc1cc(C)c(C#N)c(Nc2cccc(Cl)c2)n1. The van der Waals surface area contributed by atoms with Crippen molar-refractivity contribution in [3.63, 3.8) is 0 Å². The average molecular weight is 258 g/mol. The smallest absolute Gasteiger partial charge is 0.148 e. The minimum atomic E-state index is 0.556. The standard InChI is InChI=1S/C14H12ClN3/c1-9-6-10(2)17-14(13(9)8-16)18-12-5-3-4-11(15)7-12/h3-7H,1-2H3,(H,17,18). The van der Waals surface area contributed by atoms with Gasteiger partial charge in [-0.1, -0.05) is 17.7 Å². The van der Waals surface area contributed by atoms with Crippen molar-refractivity contribution < 1.29 is 0 Å². The normalized spacial score (nSPS) is 9.89. The van der Waals surface area contributed by atoms with E-state index in [-0.39, 0.29) is 0 Å². The molecule has 1 aromatic carbocycles. The fourth-order valence-electron chi connectivity index (χ4n) is 1.77. The number of nitrogens with one attached hydrogen (secondary N) is 1. The molecular formula is C14H12ClN3. The number of halogens is 1. The minimum Gasteiger partial charge on any atom is -0.339 e. The number of nitrogens with zero attached hydrogens (tertiary/aromatic N) is 2. The van der Waals surface area contributed by atoms with Gasteiger partial charge >= 0.3 is 0 Å². The van der Waals surface area contributed by atoms with Crippen molar-refractivity contribution in [3.8, 4) is 6.07 Å². The van der Waals surface area contributed by atoms with Gasteiger partial charge in [0.1, 0.15) is 11.9 Å². The van der Waals surface area contributed by atoms with Crippen LogP contribution in [-0.4, -0.2) is 4.98 Å². The van der Waals surface area contributed by atoms with Gasteiger partial charge in [-0.15, -0.1) is 0 Å². The number of anilines is 2. The Balaban J connectivity index is 2.43. The zero-order valence-corrected chi connectivity index (χ0v) is 10.9. The molecule has 0 amide bonds. The third-order valence-corrected chi connectivity index (χ3v) is 2.78. The van der Waals surface area contributed by atoms with Crippen LogP contribution < -0.4 is 5.32 Å². The number of hydrogen-bond acceptors (Lipinski definition) is 3. The predicted molar refractivity (Wildman–Crippen MR) is 73.2 cm³/mol. The lowest BCUT2D eigenvalue weighted by molar-refractivity contribution is 1.16. The maximum Gasteiger partial charge on any atom is 0.148 e. The largest absolute Gasteiger partial charge is 0.339 e. The van der Waals surface area contributed by atoms with E-state index in [4.69, 9.17) is 16.9 Å². The second kappa shape index (κ2) is 5.07. The van der Waals surface area contributed by atoms with E-state index in [1.165, 1.54) is 0 Å². The summed E-state index contributed by atoms with van der Waals surface area (Å²) in [6.07, 6.45) is 0. The second-order valence-electron chi connectivity index (χ2n) is 4.05. The number of pyridine rings is 1. The molecule has 0 bridgehead atoms. The van der Waals surface area contributed by atoms with Gasteiger partial charge in [0.25, 0.3) is 0 Å². The van der Waals surface area contributed by atoms with Crippen LogP contribution in [0.3, 0.4) is 0 Å². The molecule has 18 heavy (non-hydrogen) atoms. The third kappa shape index (κ3) is 2.61. The summed E-state index contributed by atoms with van der Waals surface area (Å²) in [4.78, 5) is 4.35. The van der Waals surface area contributed by atoms with Crippen LogP contribution in [0.2, 0.25) is 5.02 Å². The van der Waals surface area contributed by atoms with Crippen LogP contribution in [0.15, 0.2) is 30.3 Å². The molecular weight excluding hydrogens is 246 g/mol. The van der Waals surface area contributed by atoms with Gasteiger partial charge in [0.15, 0.2) is 0 Å². The lowest BCUT2D eigenvalue weighted by atomic mass is 10.1. The fraction of sp³-hybridized carbons (Fsp3) is 0.143. The molecule has 0 aliphatic heterocycles. The summed E-state index contributed by atoms with van der Waals surface area (Å²) < 4.78 is 0. The van der Waals surface area contributed by atoms with E-state index in [9.17, 15) is 0 Å². The predicted octanol–water partition coefficient (Wildman–Crippen LogP) is 3.97. The van der Waals surface area contributed by atoms with E-state index in [0.29, 0.717) is 16.4 Å². The zero-order chi connectivity index (χ0) is 13.1. The molecule has 1 N–H and O–H groups in total. The van der Waals surface area contributed by atoms with Crippen molar-refractivity contribution >= 4 is 23.1 Å². The van der Waals surface area contributed by atoms with Gasteiger partial charge in [0.05, 0.1) is 5.56 Å². The summed E-state index contributed by atoms with van der Waals surface area (Å²) in [6.45, 7) is 3.80. The highest BCUT2D eigenvalue weighted by Crippen LogP contribution is 2.23. The first-order valence-electron chi connectivity index (χ1n) is 5.51. The lowest BCUT2D eigenvalue weighted by Gasteiger charge is -2.10. The van der Waals surface area contributed by atoms with Gasteiger partial charge in [-0.3, -0.25) is 0 Å². The summed E-state index contributed by atoms with van der Waals surface area (Å²) in [5, 5.41) is 12.9. The van der Waals surface area contributed by atoms with Crippen LogP contribution in [0.4, 0.5) is 11.5 Å². The number of aryl methyl sites for hydroxylation is 2. The average Bonchev–Trinajstić information content (AvgIpc) is 2.28. The Morgan fingerprint density at radius 1 is 1.28 bits per heavy atom. The first-order valence-corrected chi connectivity index (χ1v) is 5.89. The highest BCUT2D eigenvalue weighted by atomic mass is 35.5. The van der Waals surface area contributed by atoms with E-state index >= 15 is 0 Å². The molecule has 0 spiro atoms. The van der Waals surface area contributed by atoms with Crippen molar-refractivity contribution in [3.05, 3.63) is 52.2 Å². The van der Waals surface area contributed by atoms with E-state index in [0.717, 1.165) is 16.9 Å². The number of nitriles is 1. The molecule has 2 rings (SSSR count). The van der Waals surface area contributed by atoms with E-state index in [1.54, 1.807) is 12.1 Å². The molecule has 0 unspecified atom stereocenters. The van der Waals surface area contributed by atoms with Crippen molar-refractivity contribution in [2.24, 2.45) is 0 Å². The Bertz CT molecular complexity index is 629. The number of benzene rings is 1. The van der Waals surface area contributed by atoms with Crippen molar-refractivity contribution in [1.29, 1.82) is 5.26 Å². The molecule has 4 heteroatoms. The van der Waals surface area contributed by atoms with Crippen molar-refractivity contribution in [1.82, 2.24) is 4.98 Å². The number of rotatable bonds is 2. The molecule has 2 aromatic rings. The number of aromatic nitrogens is 1. The minimum absolute atomic E-state index is 0.556. The van der Waals surface area contributed by atoms with Crippen molar-refractivity contribution in [2.75, 3.05) is 5.32 Å². The summed E-state index contributed by atoms with van der Waals surface area (Å²) in [6, 6.07) is 11.4. The van der Waals surface area contributed by atoms with Crippen LogP contribution in [0.1, 0.15) is 16.8 Å². The zero-order valence-electron chi connectivity index (χ0n) is 10.2. The molecule has 0 saturated carbocycles. The molecule has 90 valence electrons. The van der Waals surface area contributed by atoms with Gasteiger partial charge in [-0.25, -0.2) is 4.98 Å². The van der Waals surface area contributed by atoms with E-state index in [2.05, 4.69) is 16.4 Å². The molecule has 0 saturated heterocycles. The Labute approximate surface area is 111 Å². The van der Waals surface area contributed by atoms with Gasteiger partial charge < -0.3 is 5.32 Å². The van der Waals surface area contributed by atoms with Crippen molar-refractivity contribution in [2.45, 2.75) is 13.8 Å². The summed E-state index contributed by atoms with van der Waals surface area (Å²) in [5.41, 5.74) is 3.16. The van der Waals surface area contributed by atoms with Crippen LogP contribution >= 0.6 is 11.6 Å². The van der Waals surface area contributed by atoms with Gasteiger partial charge in [-0.05, 0) is 43.7 Å². The quantitative estimate of drug-likeness (QED) is 0.886. The molecule has 3 nitrogen and oxygen atoms in total. The molecule has 0 fully saturated rings. The Morgan fingerprint density at radius 3 is 2.72 bits per heavy atom. The molecule has 0 aliphatic rings. The second-order valence-corrected chi connectivity index (χ2v) is 4.49. The van der Waals surface area contributed by atoms with Gasteiger partial charge in [0.2, 0.25) is 0 Å². The maximum atomic E-state index is 9.17. The summed E-state index contributed by atoms with van der Waals surface area (Å²) in [7, 11) is 0. The summed E-state index contributed by atoms with van der Waals surface area (Å²) in [5.74, 6) is 0.567.